The average molecular weight is 329 g/mol. The molecule has 0 radical (unpaired) electrons. The normalized spacial score (nSPS) is 12.4. The van der Waals surface area contributed by atoms with Gasteiger partial charge in [0.05, 0.1) is 19.8 Å². The van der Waals surface area contributed by atoms with E-state index in [9.17, 15) is 4.79 Å². The molecule has 1 amide bonds. The number of carbonyl (C=O) groups is 1. The fourth-order valence-corrected chi connectivity index (χ4v) is 2.52. The third-order valence-corrected chi connectivity index (χ3v) is 3.71. The van der Waals surface area contributed by atoms with Crippen LogP contribution >= 0.6 is 0 Å². The Bertz CT molecular complexity index is 744. The monoisotopic (exact) mass is 329 g/mol. The van der Waals surface area contributed by atoms with Crippen molar-refractivity contribution in [3.63, 3.8) is 0 Å². The summed E-state index contributed by atoms with van der Waals surface area (Å²) in [5.74, 6) is 2.15. The molecule has 24 heavy (non-hydrogen) atoms. The summed E-state index contributed by atoms with van der Waals surface area (Å²) in [7, 11) is 3.16. The molecule has 1 aliphatic heterocycles. The Morgan fingerprint density at radius 1 is 1.08 bits per heavy atom. The van der Waals surface area contributed by atoms with Crippen LogP contribution in [0.2, 0.25) is 0 Å². The van der Waals surface area contributed by atoms with Gasteiger partial charge in [0.15, 0.2) is 23.0 Å². The number of benzene rings is 2. The molecular weight excluding hydrogens is 310 g/mol. The topological polar surface area (TPSA) is 66.0 Å². The van der Waals surface area contributed by atoms with Crippen molar-refractivity contribution in [3.8, 4) is 23.0 Å². The predicted molar refractivity (Wildman–Crippen MR) is 88.1 cm³/mol. The summed E-state index contributed by atoms with van der Waals surface area (Å²) in [5.41, 5.74) is 1.37. The van der Waals surface area contributed by atoms with E-state index in [0.717, 1.165) is 5.56 Å². The van der Waals surface area contributed by atoms with Gasteiger partial charge in [-0.1, -0.05) is 12.1 Å². The molecule has 0 aromatic heterocycles. The molecule has 3 rings (SSSR count). The highest BCUT2D eigenvalue weighted by atomic mass is 16.6. The van der Waals surface area contributed by atoms with E-state index in [1.165, 1.54) is 0 Å². The molecule has 0 saturated carbocycles. The van der Waals surface area contributed by atoms with Crippen LogP contribution in [0, 0.1) is 0 Å². The van der Waals surface area contributed by atoms with Gasteiger partial charge < -0.3 is 24.3 Å². The maximum Gasteiger partial charge on any atom is 0.255 e. The van der Waals surface area contributed by atoms with Crippen molar-refractivity contribution in [3.05, 3.63) is 47.5 Å². The van der Waals surface area contributed by atoms with E-state index in [0.29, 0.717) is 48.3 Å². The maximum absolute atomic E-state index is 12.5. The minimum Gasteiger partial charge on any atom is -0.493 e. The first-order valence-corrected chi connectivity index (χ1v) is 7.60. The number of hydrogen-bond acceptors (Lipinski definition) is 5. The molecule has 126 valence electrons. The number of amides is 1. The SMILES string of the molecule is COc1ccc(CNC(=O)c2cccc3c2OCCO3)cc1OC. The zero-order chi connectivity index (χ0) is 16.9. The van der Waals surface area contributed by atoms with Gasteiger partial charge in [-0.15, -0.1) is 0 Å². The first-order valence-electron chi connectivity index (χ1n) is 7.60. The third kappa shape index (κ3) is 3.22. The Morgan fingerprint density at radius 3 is 2.67 bits per heavy atom. The predicted octanol–water partition coefficient (Wildman–Crippen LogP) is 2.41. The molecule has 0 saturated heterocycles. The number of nitrogens with one attached hydrogen (secondary N) is 1. The Balaban J connectivity index is 1.72. The van der Waals surface area contributed by atoms with Gasteiger partial charge in [-0.05, 0) is 29.8 Å². The van der Waals surface area contributed by atoms with Crippen molar-refractivity contribution >= 4 is 5.91 Å². The third-order valence-electron chi connectivity index (χ3n) is 3.71. The lowest BCUT2D eigenvalue weighted by atomic mass is 10.1. The number of para-hydroxylation sites is 1. The van der Waals surface area contributed by atoms with Crippen LogP contribution in [-0.2, 0) is 6.54 Å². The van der Waals surface area contributed by atoms with E-state index >= 15 is 0 Å². The van der Waals surface area contributed by atoms with Crippen LogP contribution in [0.4, 0.5) is 0 Å². The minimum atomic E-state index is -0.216. The molecule has 1 heterocycles. The lowest BCUT2D eigenvalue weighted by Gasteiger charge is -2.20. The molecule has 0 bridgehead atoms. The Morgan fingerprint density at radius 2 is 1.88 bits per heavy atom. The summed E-state index contributed by atoms with van der Waals surface area (Å²) in [6.07, 6.45) is 0. The molecule has 2 aromatic carbocycles. The van der Waals surface area contributed by atoms with Gasteiger partial charge in [-0.2, -0.15) is 0 Å². The maximum atomic E-state index is 12.5. The van der Waals surface area contributed by atoms with E-state index in [1.807, 2.05) is 18.2 Å². The van der Waals surface area contributed by atoms with Crippen LogP contribution in [0.15, 0.2) is 36.4 Å². The van der Waals surface area contributed by atoms with Crippen molar-refractivity contribution in [1.29, 1.82) is 0 Å². The summed E-state index contributed by atoms with van der Waals surface area (Å²) >= 11 is 0. The summed E-state index contributed by atoms with van der Waals surface area (Å²) in [4.78, 5) is 12.5. The Hall–Kier alpha value is -2.89. The van der Waals surface area contributed by atoms with E-state index in [4.69, 9.17) is 18.9 Å². The zero-order valence-corrected chi connectivity index (χ0v) is 13.6. The largest absolute Gasteiger partial charge is 0.493 e. The van der Waals surface area contributed by atoms with Gasteiger partial charge in [-0.25, -0.2) is 0 Å². The van der Waals surface area contributed by atoms with Crippen LogP contribution in [0.5, 0.6) is 23.0 Å². The highest BCUT2D eigenvalue weighted by Crippen LogP contribution is 2.33. The standard InChI is InChI=1S/C18H19NO5/c1-21-14-7-6-12(10-16(14)22-2)11-19-18(20)13-4-3-5-15-17(13)24-9-8-23-15/h3-7,10H,8-9,11H2,1-2H3,(H,19,20). The molecule has 0 spiro atoms. The van der Waals surface area contributed by atoms with Gasteiger partial charge in [0.2, 0.25) is 0 Å². The zero-order valence-electron chi connectivity index (χ0n) is 13.6. The van der Waals surface area contributed by atoms with Gasteiger partial charge >= 0.3 is 0 Å². The summed E-state index contributed by atoms with van der Waals surface area (Å²) in [6, 6.07) is 10.8. The summed E-state index contributed by atoms with van der Waals surface area (Å²) in [6.45, 7) is 1.29. The number of ether oxygens (including phenoxy) is 4. The number of hydrogen-bond donors (Lipinski definition) is 1. The summed E-state index contributed by atoms with van der Waals surface area (Å²) in [5, 5.41) is 2.88. The van der Waals surface area contributed by atoms with Gasteiger partial charge in [0.25, 0.3) is 5.91 Å². The highest BCUT2D eigenvalue weighted by Gasteiger charge is 2.20. The molecule has 6 nitrogen and oxygen atoms in total. The van der Waals surface area contributed by atoms with E-state index in [1.54, 1.807) is 32.4 Å². The molecular formula is C18H19NO5. The number of rotatable bonds is 5. The average Bonchev–Trinajstić information content (AvgIpc) is 2.65. The number of fused-ring (bicyclic) bond motifs is 1. The fourth-order valence-electron chi connectivity index (χ4n) is 2.52. The molecule has 0 aliphatic carbocycles. The lowest BCUT2D eigenvalue weighted by Crippen LogP contribution is -2.25. The van der Waals surface area contributed by atoms with Crippen LogP contribution in [0.3, 0.4) is 0 Å². The van der Waals surface area contributed by atoms with Crippen molar-refractivity contribution in [2.24, 2.45) is 0 Å². The quantitative estimate of drug-likeness (QED) is 0.912. The number of carbonyl (C=O) groups excluding carboxylic acids is 1. The highest BCUT2D eigenvalue weighted by molar-refractivity contribution is 5.97. The molecule has 0 atom stereocenters. The first-order chi connectivity index (χ1) is 11.7. The van der Waals surface area contributed by atoms with Crippen LogP contribution < -0.4 is 24.3 Å². The second kappa shape index (κ2) is 7.12. The van der Waals surface area contributed by atoms with Crippen LogP contribution in [0.25, 0.3) is 0 Å². The molecule has 0 fully saturated rings. The van der Waals surface area contributed by atoms with Crippen LogP contribution in [0.1, 0.15) is 15.9 Å². The molecule has 0 unspecified atom stereocenters. The van der Waals surface area contributed by atoms with Crippen molar-refractivity contribution in [2.45, 2.75) is 6.54 Å². The van der Waals surface area contributed by atoms with Gasteiger partial charge in [-0.3, -0.25) is 4.79 Å². The Kier molecular flexibility index (Phi) is 4.74. The van der Waals surface area contributed by atoms with E-state index in [-0.39, 0.29) is 5.91 Å². The summed E-state index contributed by atoms with van der Waals surface area (Å²) < 4.78 is 21.5. The van der Waals surface area contributed by atoms with Gasteiger partial charge in [0, 0.05) is 6.54 Å². The van der Waals surface area contributed by atoms with Crippen molar-refractivity contribution < 1.29 is 23.7 Å². The second-order valence-electron chi connectivity index (χ2n) is 5.20. The molecule has 6 heteroatoms. The molecule has 1 N–H and O–H groups in total. The van der Waals surface area contributed by atoms with Gasteiger partial charge in [0.1, 0.15) is 13.2 Å². The first kappa shape index (κ1) is 16.0. The smallest absolute Gasteiger partial charge is 0.255 e. The number of methoxy groups -OCH3 is 2. The molecule has 2 aromatic rings. The minimum absolute atomic E-state index is 0.216. The Labute approximate surface area is 140 Å². The van der Waals surface area contributed by atoms with E-state index < -0.39 is 0 Å². The van der Waals surface area contributed by atoms with Crippen molar-refractivity contribution in [2.75, 3.05) is 27.4 Å². The lowest BCUT2D eigenvalue weighted by molar-refractivity contribution is 0.0939. The van der Waals surface area contributed by atoms with Crippen molar-refractivity contribution in [1.82, 2.24) is 5.32 Å². The second-order valence-corrected chi connectivity index (χ2v) is 5.20. The van der Waals surface area contributed by atoms with E-state index in [2.05, 4.69) is 5.32 Å². The molecule has 1 aliphatic rings. The fraction of sp³-hybridized carbons (Fsp3) is 0.278. The van der Waals surface area contributed by atoms with Crippen LogP contribution in [-0.4, -0.2) is 33.3 Å².